The van der Waals surface area contributed by atoms with E-state index in [9.17, 15) is 4.79 Å². The Kier molecular flexibility index (Phi) is 5.94. The van der Waals surface area contributed by atoms with Crippen molar-refractivity contribution in [3.63, 3.8) is 0 Å². The maximum atomic E-state index is 13.5. The van der Waals surface area contributed by atoms with Gasteiger partial charge in [-0.05, 0) is 44.4 Å². The summed E-state index contributed by atoms with van der Waals surface area (Å²) >= 11 is 1.63. The van der Waals surface area contributed by atoms with Crippen LogP contribution in [0.5, 0.6) is 0 Å². The van der Waals surface area contributed by atoms with Crippen LogP contribution < -0.4 is 10.4 Å². The molecule has 0 bridgehead atoms. The molecule has 6 heteroatoms. The molecule has 0 N–H and O–H groups in total. The van der Waals surface area contributed by atoms with Crippen molar-refractivity contribution in [3.05, 3.63) is 86.4 Å². The van der Waals surface area contributed by atoms with Gasteiger partial charge in [-0.25, -0.2) is 9.67 Å². The molecule has 2 heterocycles. The quantitative estimate of drug-likeness (QED) is 0.367. The molecule has 0 spiro atoms. The predicted octanol–water partition coefficient (Wildman–Crippen LogP) is 6.06. The van der Waals surface area contributed by atoms with Crippen molar-refractivity contribution in [3.8, 4) is 16.9 Å². The minimum Gasteiger partial charge on any atom is -0.313 e. The van der Waals surface area contributed by atoms with Gasteiger partial charge in [0.15, 0.2) is 10.5 Å². The first kappa shape index (κ1) is 21.7. The molecule has 0 atom stereocenters. The standard InChI is InChI=1S/C27H30N4OS/c1-19-14-16-21(17-15-19)24-18-33-27(30(24)22-10-6-4-7-11-22)28-25-20(2)29(3)31(26(25)32)23-12-8-5-9-13-23/h5,8-9,12-18,22H,4,6-7,10-11H2,1-3H3. The molecular formula is C27H30N4OS. The summed E-state index contributed by atoms with van der Waals surface area (Å²) in [5.41, 5.74) is 5.80. The van der Waals surface area contributed by atoms with Crippen molar-refractivity contribution in [2.45, 2.75) is 52.0 Å². The Bertz CT molecular complexity index is 1380. The summed E-state index contributed by atoms with van der Waals surface area (Å²) < 4.78 is 6.00. The zero-order valence-corrected chi connectivity index (χ0v) is 20.3. The summed E-state index contributed by atoms with van der Waals surface area (Å²) in [6.07, 6.45) is 6.10. The number of hydrogen-bond donors (Lipinski definition) is 0. The van der Waals surface area contributed by atoms with Crippen LogP contribution in [0.3, 0.4) is 0 Å². The highest BCUT2D eigenvalue weighted by atomic mass is 32.1. The Labute approximate surface area is 198 Å². The highest BCUT2D eigenvalue weighted by Crippen LogP contribution is 2.32. The smallest absolute Gasteiger partial charge is 0.297 e. The Morgan fingerprint density at radius 3 is 2.33 bits per heavy atom. The normalized spacial score (nSPS) is 15.3. The Morgan fingerprint density at radius 1 is 0.939 bits per heavy atom. The van der Waals surface area contributed by atoms with Gasteiger partial charge in [0, 0.05) is 18.5 Å². The summed E-state index contributed by atoms with van der Waals surface area (Å²) in [5.74, 6) is 0. The van der Waals surface area contributed by atoms with E-state index in [0.717, 1.165) is 29.0 Å². The first-order valence-corrected chi connectivity index (χ1v) is 12.6. The molecule has 2 aromatic carbocycles. The van der Waals surface area contributed by atoms with E-state index in [4.69, 9.17) is 4.99 Å². The van der Waals surface area contributed by atoms with Crippen LogP contribution in [0.4, 0.5) is 5.69 Å². The van der Waals surface area contributed by atoms with E-state index in [1.807, 2.05) is 49.0 Å². The second-order valence-electron chi connectivity index (χ2n) is 8.95. The van der Waals surface area contributed by atoms with Gasteiger partial charge in [0.05, 0.1) is 17.1 Å². The van der Waals surface area contributed by atoms with Crippen LogP contribution in [0.25, 0.3) is 16.9 Å². The lowest BCUT2D eigenvalue weighted by atomic mass is 9.95. The molecule has 0 radical (unpaired) electrons. The van der Waals surface area contributed by atoms with Crippen LogP contribution in [0.15, 0.2) is 69.8 Å². The number of aryl methyl sites for hydroxylation is 1. The van der Waals surface area contributed by atoms with E-state index >= 15 is 0 Å². The molecule has 1 saturated carbocycles. The third-order valence-electron chi connectivity index (χ3n) is 6.76. The van der Waals surface area contributed by atoms with Gasteiger partial charge in [-0.2, -0.15) is 0 Å². The number of para-hydroxylation sites is 1. The minimum absolute atomic E-state index is 0.0818. The number of rotatable bonds is 4. The van der Waals surface area contributed by atoms with Crippen LogP contribution in [-0.2, 0) is 7.05 Å². The average molecular weight is 459 g/mol. The van der Waals surface area contributed by atoms with Gasteiger partial charge < -0.3 is 4.57 Å². The maximum absolute atomic E-state index is 13.5. The molecule has 0 aliphatic heterocycles. The maximum Gasteiger partial charge on any atom is 0.297 e. The molecule has 1 fully saturated rings. The molecule has 2 aromatic heterocycles. The van der Waals surface area contributed by atoms with Crippen LogP contribution in [0.1, 0.15) is 49.4 Å². The van der Waals surface area contributed by atoms with Crippen LogP contribution in [0.2, 0.25) is 0 Å². The fraction of sp³-hybridized carbons (Fsp3) is 0.333. The van der Waals surface area contributed by atoms with E-state index in [2.05, 4.69) is 41.1 Å². The van der Waals surface area contributed by atoms with Crippen molar-refractivity contribution >= 4 is 17.0 Å². The van der Waals surface area contributed by atoms with Gasteiger partial charge in [0.25, 0.3) is 5.56 Å². The van der Waals surface area contributed by atoms with Gasteiger partial charge in [-0.3, -0.25) is 9.48 Å². The van der Waals surface area contributed by atoms with Crippen molar-refractivity contribution < 1.29 is 0 Å². The van der Waals surface area contributed by atoms with Gasteiger partial charge >= 0.3 is 0 Å². The first-order chi connectivity index (χ1) is 16.0. The van der Waals surface area contributed by atoms with Crippen molar-refractivity contribution in [2.24, 2.45) is 12.0 Å². The summed E-state index contributed by atoms with van der Waals surface area (Å²) in [7, 11) is 1.92. The van der Waals surface area contributed by atoms with E-state index in [0.29, 0.717) is 11.7 Å². The van der Waals surface area contributed by atoms with Crippen LogP contribution in [-0.4, -0.2) is 13.9 Å². The number of hydrogen-bond acceptors (Lipinski definition) is 3. The monoisotopic (exact) mass is 458 g/mol. The summed E-state index contributed by atoms with van der Waals surface area (Å²) in [6.45, 7) is 4.09. The van der Waals surface area contributed by atoms with Gasteiger partial charge in [0.1, 0.15) is 0 Å². The lowest BCUT2D eigenvalue weighted by molar-refractivity contribution is 0.351. The highest BCUT2D eigenvalue weighted by Gasteiger charge is 2.22. The van der Waals surface area contributed by atoms with Gasteiger partial charge in [-0.1, -0.05) is 67.3 Å². The molecule has 4 aromatic rings. The third kappa shape index (κ3) is 4.04. The zero-order valence-electron chi connectivity index (χ0n) is 19.5. The Morgan fingerprint density at radius 2 is 1.64 bits per heavy atom. The predicted molar refractivity (Wildman–Crippen MR) is 136 cm³/mol. The third-order valence-corrected chi connectivity index (χ3v) is 7.60. The molecule has 5 nitrogen and oxygen atoms in total. The second kappa shape index (κ2) is 9.02. The molecule has 33 heavy (non-hydrogen) atoms. The molecule has 0 amide bonds. The molecule has 5 rings (SSSR count). The first-order valence-electron chi connectivity index (χ1n) is 11.7. The average Bonchev–Trinajstić information content (AvgIpc) is 3.35. The van der Waals surface area contributed by atoms with Crippen molar-refractivity contribution in [2.75, 3.05) is 0 Å². The Hall–Kier alpha value is -3.12. The zero-order chi connectivity index (χ0) is 22.9. The molecule has 1 aliphatic carbocycles. The summed E-state index contributed by atoms with van der Waals surface area (Å²) in [5, 5.41) is 2.20. The van der Waals surface area contributed by atoms with E-state index in [1.165, 1.54) is 36.1 Å². The molecular weight excluding hydrogens is 428 g/mol. The molecule has 1 aliphatic rings. The minimum atomic E-state index is -0.0818. The largest absolute Gasteiger partial charge is 0.313 e. The number of aromatic nitrogens is 3. The summed E-state index contributed by atoms with van der Waals surface area (Å²) in [4.78, 5) is 19.4. The number of benzene rings is 2. The van der Waals surface area contributed by atoms with Crippen molar-refractivity contribution in [1.82, 2.24) is 13.9 Å². The van der Waals surface area contributed by atoms with E-state index in [1.54, 1.807) is 16.0 Å². The lowest BCUT2D eigenvalue weighted by Gasteiger charge is -2.25. The summed E-state index contributed by atoms with van der Waals surface area (Å²) in [6, 6.07) is 18.9. The molecule has 170 valence electrons. The molecule has 0 saturated heterocycles. The van der Waals surface area contributed by atoms with Gasteiger partial charge in [0.2, 0.25) is 0 Å². The Balaban J connectivity index is 1.69. The van der Waals surface area contributed by atoms with Gasteiger partial charge in [-0.15, -0.1) is 11.3 Å². The molecule has 0 unspecified atom stereocenters. The fourth-order valence-corrected chi connectivity index (χ4v) is 5.78. The number of thiazole rings is 1. The second-order valence-corrected chi connectivity index (χ2v) is 9.79. The van der Waals surface area contributed by atoms with Crippen LogP contribution in [0, 0.1) is 13.8 Å². The number of nitrogens with zero attached hydrogens (tertiary/aromatic N) is 4. The lowest BCUT2D eigenvalue weighted by Crippen LogP contribution is -2.24. The fourth-order valence-electron chi connectivity index (χ4n) is 4.81. The highest BCUT2D eigenvalue weighted by molar-refractivity contribution is 7.07. The van der Waals surface area contributed by atoms with Crippen molar-refractivity contribution in [1.29, 1.82) is 0 Å². The van der Waals surface area contributed by atoms with E-state index in [-0.39, 0.29) is 5.56 Å². The topological polar surface area (TPSA) is 44.2 Å². The SMILES string of the molecule is Cc1ccc(-c2csc(=Nc3c(C)n(C)n(-c4ccccc4)c3=O)n2C2CCCCC2)cc1. The van der Waals surface area contributed by atoms with Crippen LogP contribution >= 0.6 is 11.3 Å². The van der Waals surface area contributed by atoms with E-state index < -0.39 is 0 Å².